The number of hydrogen-bond donors (Lipinski definition) is 1. The summed E-state index contributed by atoms with van der Waals surface area (Å²) >= 11 is 0. The second-order valence-corrected chi connectivity index (χ2v) is 9.58. The zero-order valence-corrected chi connectivity index (χ0v) is 20.5. The van der Waals surface area contributed by atoms with Gasteiger partial charge in [-0.15, -0.1) is 0 Å². The molecule has 0 saturated carbocycles. The number of esters is 1. The van der Waals surface area contributed by atoms with Crippen LogP contribution in [0.1, 0.15) is 55.6 Å². The number of methoxy groups -OCH3 is 1. The molecule has 0 unspecified atom stereocenters. The lowest BCUT2D eigenvalue weighted by Crippen LogP contribution is -2.36. The van der Waals surface area contributed by atoms with Crippen LogP contribution in [0.3, 0.4) is 0 Å². The smallest absolute Gasteiger partial charge is 0.336 e. The molecule has 2 heterocycles. The normalized spacial score (nSPS) is 23.9. The fourth-order valence-corrected chi connectivity index (χ4v) is 5.43. The average Bonchev–Trinajstić information content (AvgIpc) is 3.40. The lowest BCUT2D eigenvalue weighted by molar-refractivity contribution is -0.142. The molecule has 0 bridgehead atoms. The van der Waals surface area contributed by atoms with Gasteiger partial charge in [-0.25, -0.2) is 9.18 Å². The van der Waals surface area contributed by atoms with Gasteiger partial charge in [0.2, 0.25) is 0 Å². The number of Topliss-reactive ketones (excluding diaryl/α,β-unsaturated/α-hetero) is 1. The van der Waals surface area contributed by atoms with Crippen LogP contribution in [0.2, 0.25) is 0 Å². The van der Waals surface area contributed by atoms with Crippen LogP contribution in [0.4, 0.5) is 4.39 Å². The molecule has 1 fully saturated rings. The van der Waals surface area contributed by atoms with Crippen LogP contribution in [0.25, 0.3) is 0 Å². The molecule has 0 spiro atoms. The molecule has 0 aromatic heterocycles. The molecule has 3 aliphatic rings. The SMILES string of the molecule is COc1ccc([C@H]2C(C(=O)OC[C@H]3CCCO3)=C(C)NC3=C2C(=O)C[C@@H](c2ccc(F)cc2)C3)cc1. The van der Waals surface area contributed by atoms with Gasteiger partial charge in [-0.1, -0.05) is 24.3 Å². The van der Waals surface area contributed by atoms with E-state index >= 15 is 0 Å². The Morgan fingerprint density at radius 2 is 1.81 bits per heavy atom. The highest BCUT2D eigenvalue weighted by Gasteiger charge is 2.41. The Bertz CT molecular complexity index is 1210. The number of carbonyl (C=O) groups is 2. The van der Waals surface area contributed by atoms with Gasteiger partial charge in [-0.05, 0) is 67.5 Å². The molecule has 2 aromatic rings. The molecule has 5 rings (SSSR count). The van der Waals surface area contributed by atoms with E-state index in [9.17, 15) is 14.0 Å². The van der Waals surface area contributed by atoms with Crippen molar-refractivity contribution in [2.75, 3.05) is 20.3 Å². The number of dihydropyridines is 1. The molecule has 2 aliphatic heterocycles. The van der Waals surface area contributed by atoms with Crippen LogP contribution in [-0.2, 0) is 19.1 Å². The lowest BCUT2D eigenvalue weighted by atomic mass is 9.71. The van der Waals surface area contributed by atoms with E-state index in [0.717, 1.165) is 29.7 Å². The first-order chi connectivity index (χ1) is 17.4. The van der Waals surface area contributed by atoms with E-state index in [0.29, 0.717) is 35.6 Å². The minimum absolute atomic E-state index is 0.0316. The second kappa shape index (κ2) is 10.3. The van der Waals surface area contributed by atoms with Crippen molar-refractivity contribution in [2.45, 2.75) is 50.5 Å². The molecule has 0 amide bonds. The van der Waals surface area contributed by atoms with Crippen molar-refractivity contribution in [3.05, 3.63) is 88.0 Å². The third-order valence-electron chi connectivity index (χ3n) is 7.26. The summed E-state index contributed by atoms with van der Waals surface area (Å²) in [6, 6.07) is 13.8. The Hall–Kier alpha value is -3.45. The van der Waals surface area contributed by atoms with Crippen molar-refractivity contribution >= 4 is 11.8 Å². The number of hydrogen-bond acceptors (Lipinski definition) is 6. The van der Waals surface area contributed by atoms with E-state index < -0.39 is 11.9 Å². The standard InChI is InChI=1S/C29H30FNO5/c1-17-26(29(33)36-16-23-4-3-13-35-23)27(19-7-11-22(34-2)12-8-19)28-24(31-17)14-20(15-25(28)32)18-5-9-21(30)10-6-18/h5-12,20,23,27,31H,3-4,13-16H2,1-2H3/t20-,23+,27-/m0/s1. The van der Waals surface area contributed by atoms with Crippen molar-refractivity contribution in [1.29, 1.82) is 0 Å². The Labute approximate surface area is 210 Å². The Morgan fingerprint density at radius 1 is 1.08 bits per heavy atom. The van der Waals surface area contributed by atoms with Gasteiger partial charge in [0.15, 0.2) is 5.78 Å². The summed E-state index contributed by atoms with van der Waals surface area (Å²) in [5, 5.41) is 3.35. The van der Waals surface area contributed by atoms with Gasteiger partial charge >= 0.3 is 5.97 Å². The minimum atomic E-state index is -0.550. The molecule has 7 heteroatoms. The second-order valence-electron chi connectivity index (χ2n) is 9.58. The van der Waals surface area contributed by atoms with Crippen LogP contribution in [-0.4, -0.2) is 38.2 Å². The number of rotatable bonds is 6. The monoisotopic (exact) mass is 491 g/mol. The molecule has 1 N–H and O–H groups in total. The summed E-state index contributed by atoms with van der Waals surface area (Å²) in [5.74, 6) is -0.711. The summed E-state index contributed by atoms with van der Waals surface area (Å²) < 4.78 is 30.1. The highest BCUT2D eigenvalue weighted by atomic mass is 19.1. The van der Waals surface area contributed by atoms with Crippen LogP contribution in [0, 0.1) is 5.82 Å². The number of carbonyl (C=O) groups excluding carboxylic acids is 2. The number of nitrogens with one attached hydrogen (secondary N) is 1. The number of ketones is 1. The number of ether oxygens (including phenoxy) is 3. The van der Waals surface area contributed by atoms with Crippen LogP contribution >= 0.6 is 0 Å². The van der Waals surface area contributed by atoms with Crippen molar-refractivity contribution in [1.82, 2.24) is 5.32 Å². The summed E-state index contributed by atoms with van der Waals surface area (Å²) in [6.45, 7) is 2.71. The van der Waals surface area contributed by atoms with Crippen LogP contribution < -0.4 is 10.1 Å². The lowest BCUT2D eigenvalue weighted by Gasteiger charge is -2.36. The van der Waals surface area contributed by atoms with E-state index in [1.165, 1.54) is 12.1 Å². The zero-order chi connectivity index (χ0) is 25.2. The molecule has 0 radical (unpaired) electrons. The summed E-state index contributed by atoms with van der Waals surface area (Å²) in [5.41, 5.74) is 4.23. The predicted octanol–water partition coefficient (Wildman–Crippen LogP) is 4.92. The first-order valence-electron chi connectivity index (χ1n) is 12.4. The van der Waals surface area contributed by atoms with E-state index in [1.54, 1.807) is 19.2 Å². The molecular formula is C29H30FNO5. The molecule has 1 saturated heterocycles. The number of halogens is 1. The summed E-state index contributed by atoms with van der Waals surface area (Å²) in [4.78, 5) is 27.0. The van der Waals surface area contributed by atoms with Crippen molar-refractivity contribution in [3.63, 3.8) is 0 Å². The molecule has 36 heavy (non-hydrogen) atoms. The molecular weight excluding hydrogens is 461 g/mol. The van der Waals surface area contributed by atoms with Gasteiger partial charge in [0, 0.05) is 35.9 Å². The predicted molar refractivity (Wildman–Crippen MR) is 132 cm³/mol. The number of benzene rings is 2. The van der Waals surface area contributed by atoms with E-state index in [-0.39, 0.29) is 36.7 Å². The van der Waals surface area contributed by atoms with Gasteiger partial charge in [0.25, 0.3) is 0 Å². The maximum Gasteiger partial charge on any atom is 0.336 e. The molecule has 3 atom stereocenters. The van der Waals surface area contributed by atoms with Gasteiger partial charge < -0.3 is 19.5 Å². The molecule has 188 valence electrons. The summed E-state index contributed by atoms with van der Waals surface area (Å²) in [7, 11) is 1.60. The molecule has 2 aromatic carbocycles. The first kappa shape index (κ1) is 24.3. The van der Waals surface area contributed by atoms with E-state index in [4.69, 9.17) is 14.2 Å². The van der Waals surface area contributed by atoms with Gasteiger partial charge in [-0.3, -0.25) is 4.79 Å². The van der Waals surface area contributed by atoms with E-state index in [2.05, 4.69) is 5.32 Å². The minimum Gasteiger partial charge on any atom is -0.497 e. The first-order valence-corrected chi connectivity index (χ1v) is 12.4. The topological polar surface area (TPSA) is 73.9 Å². The fourth-order valence-electron chi connectivity index (χ4n) is 5.43. The van der Waals surface area contributed by atoms with Crippen molar-refractivity contribution < 1.29 is 28.2 Å². The Balaban J connectivity index is 1.49. The van der Waals surface area contributed by atoms with Crippen molar-refractivity contribution in [3.8, 4) is 5.75 Å². The van der Waals surface area contributed by atoms with E-state index in [1.807, 2.05) is 31.2 Å². The molecule has 1 aliphatic carbocycles. The largest absolute Gasteiger partial charge is 0.497 e. The average molecular weight is 492 g/mol. The maximum atomic E-state index is 13.6. The van der Waals surface area contributed by atoms with Crippen LogP contribution in [0.5, 0.6) is 5.75 Å². The fraction of sp³-hybridized carbons (Fsp3) is 0.379. The van der Waals surface area contributed by atoms with Gasteiger partial charge in [0.05, 0.1) is 18.8 Å². The Morgan fingerprint density at radius 3 is 2.47 bits per heavy atom. The summed E-state index contributed by atoms with van der Waals surface area (Å²) in [6.07, 6.45) is 2.61. The Kier molecular flexibility index (Phi) is 6.92. The highest BCUT2D eigenvalue weighted by molar-refractivity contribution is 6.04. The zero-order valence-electron chi connectivity index (χ0n) is 20.5. The highest BCUT2D eigenvalue weighted by Crippen LogP contribution is 2.46. The third kappa shape index (κ3) is 4.80. The van der Waals surface area contributed by atoms with Crippen LogP contribution in [0.15, 0.2) is 71.1 Å². The maximum absolute atomic E-state index is 13.6. The van der Waals surface area contributed by atoms with Gasteiger partial charge in [0.1, 0.15) is 18.2 Å². The van der Waals surface area contributed by atoms with Gasteiger partial charge in [-0.2, -0.15) is 0 Å². The molecule has 6 nitrogen and oxygen atoms in total. The quantitative estimate of drug-likeness (QED) is 0.579. The van der Waals surface area contributed by atoms with Crippen molar-refractivity contribution in [2.24, 2.45) is 0 Å². The third-order valence-corrected chi connectivity index (χ3v) is 7.26. The number of allylic oxidation sites excluding steroid dienone is 3.